The summed E-state index contributed by atoms with van der Waals surface area (Å²) in [6, 6.07) is 37.1. The fourth-order valence-corrected chi connectivity index (χ4v) is 99.6. The average Bonchev–Trinajstić information content (AvgIpc) is 0.732. The minimum absolute atomic E-state index is 0.229. The van der Waals surface area contributed by atoms with Crippen molar-refractivity contribution in [2.75, 3.05) is 0 Å². The van der Waals surface area contributed by atoms with E-state index in [1.165, 1.54) is 0 Å². The highest BCUT2D eigenvalue weighted by molar-refractivity contribution is 7.00. The third kappa shape index (κ3) is 38.6. The van der Waals surface area contributed by atoms with Gasteiger partial charge >= 0.3 is 126 Å². The predicted octanol–water partition coefficient (Wildman–Crippen LogP) is 0.969. The Labute approximate surface area is 706 Å². The van der Waals surface area contributed by atoms with Crippen molar-refractivity contribution in [1.29, 1.82) is 0 Å². The smallest absolute Gasteiger partial charge is 0.420 e. The molecule has 0 spiro atoms. The van der Waals surface area contributed by atoms with Gasteiger partial charge in [0.15, 0.2) is 0 Å². The molecule has 4 N–H and O–H groups in total. The molecular formula is C55H130O31Si26. The molecule has 4 aromatic rings. The van der Waals surface area contributed by atoms with Gasteiger partial charge in [0.1, 0.15) is 6.29 Å². The highest BCUT2D eigenvalue weighted by Crippen LogP contribution is 2.29. The Kier molecular flexibility index (Phi) is 46.6. The van der Waals surface area contributed by atoms with Crippen LogP contribution in [0.2, 0.25) is 162 Å². The molecule has 112 heavy (non-hydrogen) atoms. The molecule has 0 aliphatic carbocycles. The summed E-state index contributed by atoms with van der Waals surface area (Å²) in [5.74, 6) is 0. The highest BCUT2D eigenvalue weighted by atomic mass is 28.6. The lowest BCUT2D eigenvalue weighted by Crippen LogP contribution is -2.80. The van der Waals surface area contributed by atoms with E-state index in [0.717, 1.165) is 24.2 Å². The fourth-order valence-electron chi connectivity index (χ4n) is 12.1. The second-order valence-corrected chi connectivity index (χ2v) is 92.8. The Balaban J connectivity index is 0.000000254. The minimum Gasteiger partial charge on any atom is -0.420 e. The van der Waals surface area contributed by atoms with E-state index in [9.17, 15) is 19.2 Å². The molecule has 4 unspecified atom stereocenters. The maximum atomic E-state index is 11.9. The van der Waals surface area contributed by atoms with Gasteiger partial charge in [-0.3, -0.25) is 0 Å². The molecule has 0 aromatic heterocycles. The summed E-state index contributed by atoms with van der Waals surface area (Å²) >= 11 is 0. The lowest BCUT2D eigenvalue weighted by Gasteiger charge is -2.44. The SMILES string of the molecule is CC1O[SiH](C)O[SiH](C)O[SiH](C)O[SiH](C)O[SiH](C)O1.CC[SiH]1O[SiH](CC)O[SiH](CC)O[SiH](CC)O1.C[SiH]1O[SiH](C)O[SiH](C)O[SiH](C)O1.C[SiH]1O[SiH](C)O[SiH](C)O[SiH](C)O[SiH](C)O1.C[SiH]1O[Si](C)(C)O[Si](C)(C)O[Si](C)(C)O1.O[Si]1(c2ccccc2)O[Si](O)(c2ccccc2)O[Si](O)(c2ccccc2)O[Si](O)(c2ccccc2)O1. The fraction of sp³-hybridized carbons (Fsp3) is 0.564. The summed E-state index contributed by atoms with van der Waals surface area (Å²) in [5.41, 5.74) is 0. The number of rotatable bonds is 8. The van der Waals surface area contributed by atoms with Gasteiger partial charge in [0.25, 0.3) is 111 Å². The predicted molar refractivity (Wildman–Crippen MR) is 493 cm³/mol. The average molecular weight is 2020 g/mol. The lowest BCUT2D eigenvalue weighted by atomic mass is 10.4. The van der Waals surface area contributed by atoms with Crippen LogP contribution < -0.4 is 20.7 Å². The molecule has 31 nitrogen and oxygen atoms in total. The summed E-state index contributed by atoms with van der Waals surface area (Å²) in [6.07, 6.45) is -0.259. The summed E-state index contributed by atoms with van der Waals surface area (Å²) < 4.78 is 159. The Morgan fingerprint density at radius 1 is 0.241 bits per heavy atom. The molecule has 0 saturated carbocycles. The van der Waals surface area contributed by atoms with Crippen molar-refractivity contribution in [2.24, 2.45) is 0 Å². The number of benzene rings is 4. The normalized spacial score (nSPS) is 37.3. The largest absolute Gasteiger partial charge is 0.520 e. The highest BCUT2D eigenvalue weighted by Gasteiger charge is 2.67. The van der Waals surface area contributed by atoms with E-state index in [0.29, 0.717) is 0 Å². The van der Waals surface area contributed by atoms with E-state index in [-0.39, 0.29) is 27.0 Å². The molecule has 6 heterocycles. The molecule has 0 bridgehead atoms. The Bertz CT molecular complexity index is 2780. The van der Waals surface area contributed by atoms with Gasteiger partial charge in [-0.05, 0) is 169 Å². The standard InChI is InChI=1S/C24H24O8Si4.C8H24O4Si4.C7H24O6Si5.C7H22O4Si4.C5H20O5Si5.C4H16O4Si4/c25-33(21-13-5-1-6-14-21)29-34(26,22-15-7-2-8-16-22)31-36(28,24-19-11-4-12-20-24)32-35(27,30-33)23-17-9-3-10-18-23;1-5-13-9-14(6-2)11-16(8-4)12-15(7-3)10-13;1-7-8-14(2)10-16(4)12-18(6)13-17(5)11-15(3)9-7;1-12-8-13(2,3)10-15(6,7)11-14(4,5)9-12;1-11-6-12(2)8-14(4)10-15(5)9-13(3)7-11;1-9-5-10(2)7-12(4)8-11(3)6-9/h1-20,25-28H;13-16H,5-8H2,1-4H3;7,14-18H,1-6H3;12H,1-7H3;11-15H,1-5H3;9-12H,1-4H3. The molecule has 57 heteroatoms. The second-order valence-electron chi connectivity index (χ2n) is 27.9. The maximum Gasteiger partial charge on any atom is 0.520 e. The Morgan fingerprint density at radius 3 is 0.580 bits per heavy atom. The van der Waals surface area contributed by atoms with Crippen LogP contribution in [0.25, 0.3) is 0 Å². The third-order valence-corrected chi connectivity index (χ3v) is 97.8. The number of hydrogen-bond acceptors (Lipinski definition) is 31. The van der Waals surface area contributed by atoms with Crippen LogP contribution in [0.5, 0.6) is 0 Å². The van der Waals surface area contributed by atoms with Crippen molar-refractivity contribution >= 4 is 258 Å². The van der Waals surface area contributed by atoms with Gasteiger partial charge in [-0.25, -0.2) is 0 Å². The molecule has 640 valence electrons. The van der Waals surface area contributed by atoms with Crippen LogP contribution >= 0.6 is 0 Å². The van der Waals surface area contributed by atoms with E-state index >= 15 is 0 Å². The van der Waals surface area contributed by atoms with E-state index in [2.05, 4.69) is 73.5 Å². The summed E-state index contributed by atoms with van der Waals surface area (Å²) in [7, 11) is -53.6. The van der Waals surface area contributed by atoms with E-state index in [1.807, 2.05) is 98.6 Å². The molecule has 0 radical (unpaired) electrons. The summed E-state index contributed by atoms with van der Waals surface area (Å²) in [4.78, 5) is 47.6. The van der Waals surface area contributed by atoms with Crippen molar-refractivity contribution in [3.63, 3.8) is 0 Å². The van der Waals surface area contributed by atoms with Crippen LogP contribution in [0.3, 0.4) is 0 Å². The molecule has 6 saturated heterocycles. The molecule has 4 aromatic carbocycles. The zero-order valence-electron chi connectivity index (χ0n) is 70.2. The molecule has 6 aliphatic heterocycles. The molecule has 0 amide bonds. The maximum absolute atomic E-state index is 11.9. The van der Waals surface area contributed by atoms with Gasteiger partial charge in [0.05, 0.1) is 0 Å². The molecule has 6 aliphatic rings. The zero-order chi connectivity index (χ0) is 83.4. The van der Waals surface area contributed by atoms with Gasteiger partial charge in [-0.1, -0.05) is 149 Å². The quantitative estimate of drug-likeness (QED) is 0.179. The first-order valence-electron chi connectivity index (χ1n) is 38.5. The van der Waals surface area contributed by atoms with Crippen LogP contribution in [0, 0.1) is 0 Å². The van der Waals surface area contributed by atoms with Gasteiger partial charge in [0, 0.05) is 20.7 Å². The molecular weight excluding hydrogens is 1890 g/mol. The van der Waals surface area contributed by atoms with Crippen LogP contribution in [0.1, 0.15) is 34.6 Å². The van der Waals surface area contributed by atoms with Crippen LogP contribution in [-0.4, -0.2) is 263 Å². The minimum atomic E-state index is -4.61. The van der Waals surface area contributed by atoms with Crippen molar-refractivity contribution in [1.82, 2.24) is 0 Å². The first-order chi connectivity index (χ1) is 52.4. The lowest BCUT2D eigenvalue weighted by molar-refractivity contribution is -0.00579. The van der Waals surface area contributed by atoms with Gasteiger partial charge in [0.2, 0.25) is 0 Å². The number of hydrogen-bond donors (Lipinski definition) is 4. The Hall–Kier alpha value is 1.28. The van der Waals surface area contributed by atoms with Crippen LogP contribution in [-0.2, 0) is 112 Å². The van der Waals surface area contributed by atoms with Crippen molar-refractivity contribution < 1.29 is 131 Å². The summed E-state index contributed by atoms with van der Waals surface area (Å²) in [5, 5.41) is 0.918. The summed E-state index contributed by atoms with van der Waals surface area (Å²) in [6.45, 7) is 53.4. The van der Waals surface area contributed by atoms with E-state index in [4.69, 9.17) is 112 Å². The second kappa shape index (κ2) is 50.3. The van der Waals surface area contributed by atoms with Gasteiger partial charge in [-0.2, -0.15) is 0 Å². The van der Waals surface area contributed by atoms with E-state index in [1.54, 1.807) is 121 Å². The third-order valence-electron chi connectivity index (χ3n) is 15.8. The monoisotopic (exact) mass is 2010 g/mol. The first kappa shape index (κ1) is 104. The first-order valence-corrected chi connectivity index (χ1v) is 92.5. The Morgan fingerprint density at radius 2 is 0.411 bits per heavy atom. The topological polar surface area (TPSA) is 330 Å². The van der Waals surface area contributed by atoms with Crippen molar-refractivity contribution in [3.05, 3.63) is 121 Å². The molecule has 10 rings (SSSR count). The van der Waals surface area contributed by atoms with Crippen LogP contribution in [0.15, 0.2) is 121 Å². The molecule has 6 fully saturated rings. The van der Waals surface area contributed by atoms with Gasteiger partial charge in [-0.15, -0.1) is 0 Å². The molecule has 4 atom stereocenters. The van der Waals surface area contributed by atoms with Gasteiger partial charge < -0.3 is 131 Å². The van der Waals surface area contributed by atoms with Crippen molar-refractivity contribution in [3.8, 4) is 0 Å². The van der Waals surface area contributed by atoms with Crippen LogP contribution in [0.4, 0.5) is 0 Å². The zero-order valence-corrected chi connectivity index (χ0v) is 99.2. The van der Waals surface area contributed by atoms with E-state index < -0.39 is 237 Å². The van der Waals surface area contributed by atoms with Crippen molar-refractivity contribution in [2.45, 2.75) is 203 Å².